The van der Waals surface area contributed by atoms with Gasteiger partial charge in [0.1, 0.15) is 6.17 Å². The Labute approximate surface area is 154 Å². The molecule has 3 unspecified atom stereocenters. The fraction of sp³-hybridized carbons (Fsp3) is 0.938. The van der Waals surface area contributed by atoms with E-state index in [0.717, 1.165) is 12.8 Å². The monoisotopic (exact) mass is 384 g/mol. The number of halogens is 3. The summed E-state index contributed by atoms with van der Waals surface area (Å²) >= 11 is 18.3. The molecule has 1 aliphatic heterocycles. The van der Waals surface area contributed by atoms with E-state index in [0.29, 0.717) is 44.6 Å². The minimum absolute atomic E-state index is 0.0413. The first kappa shape index (κ1) is 19.6. The van der Waals surface area contributed by atoms with Gasteiger partial charge in [-0.1, -0.05) is 62.0 Å². The smallest absolute Gasteiger partial charge is 0.223 e. The molecule has 1 aliphatic carbocycles. The highest BCUT2D eigenvalue weighted by Gasteiger charge is 2.48. The van der Waals surface area contributed by atoms with Crippen molar-refractivity contribution >= 4 is 40.7 Å². The van der Waals surface area contributed by atoms with Gasteiger partial charge in [0.05, 0.1) is 13.2 Å². The number of morpholine rings is 1. The van der Waals surface area contributed by atoms with Crippen LogP contribution in [0.5, 0.6) is 0 Å². The maximum Gasteiger partial charge on any atom is 0.223 e. The van der Waals surface area contributed by atoms with Crippen molar-refractivity contribution < 1.29 is 9.53 Å². The van der Waals surface area contributed by atoms with Gasteiger partial charge in [-0.05, 0) is 23.7 Å². The maximum atomic E-state index is 12.5. The molecule has 1 N–H and O–H groups in total. The van der Waals surface area contributed by atoms with E-state index in [4.69, 9.17) is 39.5 Å². The van der Waals surface area contributed by atoms with E-state index in [1.807, 2.05) is 4.90 Å². The summed E-state index contributed by atoms with van der Waals surface area (Å²) in [5, 5.41) is 2.93. The van der Waals surface area contributed by atoms with Crippen molar-refractivity contribution in [3.63, 3.8) is 0 Å². The Morgan fingerprint density at radius 1 is 1.30 bits per heavy atom. The summed E-state index contributed by atoms with van der Waals surface area (Å²) in [6, 6.07) is 0. The van der Waals surface area contributed by atoms with E-state index >= 15 is 0 Å². The van der Waals surface area contributed by atoms with Gasteiger partial charge in [0, 0.05) is 19.5 Å². The minimum atomic E-state index is -1.56. The number of alkyl halides is 3. The van der Waals surface area contributed by atoms with Crippen LogP contribution in [0.1, 0.15) is 40.0 Å². The lowest BCUT2D eigenvalue weighted by Crippen LogP contribution is -2.59. The SMILES string of the molecule is CCC1CC(CC(=O)NC(N2CCOCC2)C(Cl)(Cl)Cl)C1(C)C. The Kier molecular flexibility index (Phi) is 6.52. The lowest BCUT2D eigenvalue weighted by molar-refractivity contribution is -0.129. The molecule has 1 saturated heterocycles. The third-order valence-corrected chi connectivity index (χ3v) is 6.24. The molecular weight excluding hydrogens is 359 g/mol. The summed E-state index contributed by atoms with van der Waals surface area (Å²) in [4.78, 5) is 14.5. The van der Waals surface area contributed by atoms with Gasteiger partial charge in [0.2, 0.25) is 9.70 Å². The zero-order valence-corrected chi connectivity index (χ0v) is 16.3. The molecule has 0 radical (unpaired) electrons. The van der Waals surface area contributed by atoms with Gasteiger partial charge in [-0.15, -0.1) is 0 Å². The number of nitrogens with one attached hydrogen (secondary N) is 1. The van der Waals surface area contributed by atoms with Crippen molar-refractivity contribution in [1.29, 1.82) is 0 Å². The molecule has 0 aromatic carbocycles. The lowest BCUT2D eigenvalue weighted by atomic mass is 9.53. The number of rotatable bonds is 5. The molecule has 0 aromatic rings. The zero-order valence-electron chi connectivity index (χ0n) is 14.1. The molecule has 1 amide bonds. The van der Waals surface area contributed by atoms with Crippen LogP contribution in [0.3, 0.4) is 0 Å². The highest BCUT2D eigenvalue weighted by Crippen LogP contribution is 2.54. The van der Waals surface area contributed by atoms with Crippen LogP contribution < -0.4 is 5.32 Å². The molecule has 7 heteroatoms. The summed E-state index contributed by atoms with van der Waals surface area (Å²) in [7, 11) is 0. The predicted molar refractivity (Wildman–Crippen MR) is 94.9 cm³/mol. The highest BCUT2D eigenvalue weighted by molar-refractivity contribution is 6.68. The van der Waals surface area contributed by atoms with Gasteiger partial charge < -0.3 is 10.1 Å². The van der Waals surface area contributed by atoms with E-state index in [1.54, 1.807) is 0 Å². The first-order valence-corrected chi connectivity index (χ1v) is 9.47. The first-order chi connectivity index (χ1) is 10.7. The molecule has 3 atom stereocenters. The second-order valence-corrected chi connectivity index (χ2v) is 9.59. The normalized spacial score (nSPS) is 29.7. The van der Waals surface area contributed by atoms with E-state index in [2.05, 4.69) is 26.1 Å². The molecule has 2 aliphatic rings. The number of ether oxygens (including phenoxy) is 1. The first-order valence-electron chi connectivity index (χ1n) is 8.34. The van der Waals surface area contributed by atoms with Crippen molar-refractivity contribution in [1.82, 2.24) is 10.2 Å². The Morgan fingerprint density at radius 2 is 1.91 bits per heavy atom. The number of carbonyl (C=O) groups excluding carboxylic acids is 1. The van der Waals surface area contributed by atoms with Crippen molar-refractivity contribution in [3.05, 3.63) is 0 Å². The molecule has 4 nitrogen and oxygen atoms in total. The van der Waals surface area contributed by atoms with E-state index in [1.165, 1.54) is 0 Å². The number of nitrogens with zero attached hydrogens (tertiary/aromatic N) is 1. The summed E-state index contributed by atoms with van der Waals surface area (Å²) in [5.41, 5.74) is 0.209. The number of amides is 1. The molecule has 0 aromatic heterocycles. The van der Waals surface area contributed by atoms with Gasteiger partial charge in [0.25, 0.3) is 0 Å². The third-order valence-electron chi connectivity index (χ3n) is 5.62. The predicted octanol–water partition coefficient (Wildman–Crippen LogP) is 3.59. The van der Waals surface area contributed by atoms with Gasteiger partial charge in [0.15, 0.2) is 0 Å². The molecule has 0 spiro atoms. The third kappa shape index (κ3) is 4.66. The van der Waals surface area contributed by atoms with E-state index in [9.17, 15) is 4.79 Å². The van der Waals surface area contributed by atoms with Crippen LogP contribution >= 0.6 is 34.8 Å². The number of carbonyl (C=O) groups is 1. The average Bonchev–Trinajstić information content (AvgIpc) is 2.48. The summed E-state index contributed by atoms with van der Waals surface area (Å²) in [6.45, 7) is 9.16. The standard InChI is InChI=1S/C16H27Cl3N2O2/c1-4-11-9-12(15(11,2)3)10-13(22)20-14(16(17,18)19)21-5-7-23-8-6-21/h11-12,14H,4-10H2,1-3H3,(H,20,22). The minimum Gasteiger partial charge on any atom is -0.379 e. The quantitative estimate of drug-likeness (QED) is 0.735. The highest BCUT2D eigenvalue weighted by atomic mass is 35.6. The second-order valence-electron chi connectivity index (χ2n) is 7.22. The molecule has 2 rings (SSSR count). The maximum absolute atomic E-state index is 12.5. The Balaban J connectivity index is 1.93. The van der Waals surface area contributed by atoms with Gasteiger partial charge in [-0.2, -0.15) is 0 Å². The van der Waals surface area contributed by atoms with Crippen LogP contribution in [-0.4, -0.2) is 47.1 Å². The number of hydrogen-bond donors (Lipinski definition) is 1. The summed E-state index contributed by atoms with van der Waals surface area (Å²) in [5.74, 6) is 1.05. The molecule has 1 saturated carbocycles. The van der Waals surface area contributed by atoms with E-state index in [-0.39, 0.29) is 11.3 Å². The Bertz CT molecular complexity index is 420. The van der Waals surface area contributed by atoms with Crippen LogP contribution in [0.25, 0.3) is 0 Å². The van der Waals surface area contributed by atoms with Crippen molar-refractivity contribution in [2.45, 2.75) is 50.0 Å². The average molecular weight is 386 g/mol. The van der Waals surface area contributed by atoms with Crippen LogP contribution in [0.4, 0.5) is 0 Å². The van der Waals surface area contributed by atoms with Crippen molar-refractivity contribution in [2.75, 3.05) is 26.3 Å². The summed E-state index contributed by atoms with van der Waals surface area (Å²) in [6.07, 6.45) is 2.14. The molecule has 0 bridgehead atoms. The van der Waals surface area contributed by atoms with Crippen LogP contribution in [0.2, 0.25) is 0 Å². The fourth-order valence-corrected chi connectivity index (χ4v) is 4.39. The topological polar surface area (TPSA) is 41.6 Å². The molecular formula is C16H27Cl3N2O2. The van der Waals surface area contributed by atoms with E-state index < -0.39 is 9.96 Å². The number of hydrogen-bond acceptors (Lipinski definition) is 3. The molecule has 2 fully saturated rings. The fourth-order valence-electron chi connectivity index (χ4n) is 3.81. The lowest BCUT2D eigenvalue weighted by Gasteiger charge is -2.52. The van der Waals surface area contributed by atoms with Crippen molar-refractivity contribution in [3.8, 4) is 0 Å². The van der Waals surface area contributed by atoms with Crippen LogP contribution in [0.15, 0.2) is 0 Å². The van der Waals surface area contributed by atoms with Crippen molar-refractivity contribution in [2.24, 2.45) is 17.3 Å². The van der Waals surface area contributed by atoms with Gasteiger partial charge in [-0.25, -0.2) is 0 Å². The second kappa shape index (κ2) is 7.65. The molecule has 23 heavy (non-hydrogen) atoms. The van der Waals surface area contributed by atoms with Gasteiger partial charge >= 0.3 is 0 Å². The Morgan fingerprint density at radius 3 is 2.39 bits per heavy atom. The van der Waals surface area contributed by atoms with Gasteiger partial charge in [-0.3, -0.25) is 9.69 Å². The largest absolute Gasteiger partial charge is 0.379 e. The molecule has 1 heterocycles. The van der Waals surface area contributed by atoms with Crippen LogP contribution in [0, 0.1) is 17.3 Å². The Hall–Kier alpha value is 0.260. The summed E-state index contributed by atoms with van der Waals surface area (Å²) < 4.78 is 3.76. The molecule has 134 valence electrons. The van der Waals surface area contributed by atoms with Crippen LogP contribution in [-0.2, 0) is 9.53 Å². The zero-order chi connectivity index (χ0) is 17.3.